The first kappa shape index (κ1) is 29.2. The van der Waals surface area contributed by atoms with Crippen LogP contribution in [-0.2, 0) is 0 Å². The number of para-hydroxylation sites is 3. The molecule has 0 saturated carbocycles. The van der Waals surface area contributed by atoms with Crippen LogP contribution in [0.25, 0.3) is 0 Å². The quantitative estimate of drug-likeness (QED) is 0.301. The minimum absolute atomic E-state index is 0.105. The molecule has 1 N–H and O–H groups in total. The Morgan fingerprint density at radius 1 is 1.00 bits per heavy atom. The Labute approximate surface area is 234 Å². The summed E-state index contributed by atoms with van der Waals surface area (Å²) in [7, 11) is 0. The predicted octanol–water partition coefficient (Wildman–Crippen LogP) is 5.55. The van der Waals surface area contributed by atoms with Crippen LogP contribution in [-0.4, -0.2) is 85.1 Å². The van der Waals surface area contributed by atoms with E-state index < -0.39 is 12.2 Å². The Morgan fingerprint density at radius 3 is 2.33 bits per heavy atom. The smallest absolute Gasteiger partial charge is 0.324 e. The Balaban J connectivity index is 1.45. The molecular weight excluding hydrogens is 490 g/mol. The van der Waals surface area contributed by atoms with Gasteiger partial charge in [-0.25, -0.2) is 4.79 Å². The van der Waals surface area contributed by atoms with E-state index in [0.717, 1.165) is 78.9 Å². The molecule has 0 radical (unpaired) electrons. The molecule has 39 heavy (non-hydrogen) atoms. The molecule has 1 fully saturated rings. The molecule has 2 aliphatic heterocycles. The summed E-state index contributed by atoms with van der Waals surface area (Å²) in [4.78, 5) is 18.0. The number of carbonyl (C=O) groups is 1. The Hall–Kier alpha value is -2.77. The van der Waals surface area contributed by atoms with Gasteiger partial charge in [-0.2, -0.15) is 0 Å². The highest BCUT2D eigenvalue weighted by atomic mass is 16.6. The summed E-state index contributed by atoms with van der Waals surface area (Å²) < 4.78 is 12.9. The zero-order chi connectivity index (χ0) is 27.8. The number of amides is 2. The molecule has 0 aromatic heterocycles. The third kappa shape index (κ3) is 7.06. The number of hydrogen-bond acceptors (Lipinski definition) is 4. The average molecular weight is 539 g/mol. The summed E-state index contributed by atoms with van der Waals surface area (Å²) in [6, 6.07) is 14.0. The number of quaternary nitrogens is 1. The van der Waals surface area contributed by atoms with Crippen LogP contribution in [0.5, 0.6) is 11.5 Å². The number of ether oxygens (including phenoxy) is 2. The lowest BCUT2D eigenvalue weighted by Crippen LogP contribution is -2.65. The van der Waals surface area contributed by atoms with Gasteiger partial charge in [-0.15, -0.1) is 0 Å². The first-order valence-electron chi connectivity index (χ1n) is 14.9. The zero-order valence-corrected chi connectivity index (χ0v) is 24.4. The molecule has 0 bridgehead atoms. The largest absolute Gasteiger partial charge is 0.486 e. The molecule has 4 rings (SSSR count). The highest BCUT2D eigenvalue weighted by molar-refractivity contribution is 5.93. The maximum atomic E-state index is 13.9. The molecule has 2 aliphatic rings. The van der Waals surface area contributed by atoms with E-state index in [0.29, 0.717) is 32.0 Å². The van der Waals surface area contributed by atoms with Crippen LogP contribution in [0.3, 0.4) is 0 Å². The summed E-state index contributed by atoms with van der Waals surface area (Å²) in [6.45, 7) is 14.3. The molecule has 2 aromatic rings. The number of rotatable bonds is 11. The van der Waals surface area contributed by atoms with Gasteiger partial charge in [0, 0.05) is 6.54 Å². The molecule has 214 valence electrons. The van der Waals surface area contributed by atoms with Crippen LogP contribution in [0.1, 0.15) is 57.1 Å². The van der Waals surface area contributed by atoms with Crippen LogP contribution in [0.2, 0.25) is 0 Å². The molecule has 7 heteroatoms. The number of hydrogen-bond donors (Lipinski definition) is 1. The van der Waals surface area contributed by atoms with Crippen molar-refractivity contribution >= 4 is 11.7 Å². The van der Waals surface area contributed by atoms with E-state index in [9.17, 15) is 9.90 Å². The number of urea groups is 1. The van der Waals surface area contributed by atoms with Gasteiger partial charge in [0.15, 0.2) is 17.6 Å². The predicted molar refractivity (Wildman–Crippen MR) is 157 cm³/mol. The van der Waals surface area contributed by atoms with Crippen molar-refractivity contribution in [1.29, 1.82) is 0 Å². The summed E-state index contributed by atoms with van der Waals surface area (Å²) >= 11 is 0. The first-order chi connectivity index (χ1) is 18.9. The molecule has 0 aliphatic carbocycles. The molecule has 2 amide bonds. The van der Waals surface area contributed by atoms with Crippen molar-refractivity contribution in [2.75, 3.05) is 57.3 Å². The number of carbonyl (C=O) groups excluding carboxylic acids is 1. The lowest BCUT2D eigenvalue weighted by Gasteiger charge is -2.47. The fourth-order valence-electron chi connectivity index (χ4n) is 6.04. The van der Waals surface area contributed by atoms with Crippen molar-refractivity contribution in [2.45, 2.75) is 72.0 Å². The minimum Gasteiger partial charge on any atom is -0.486 e. The van der Waals surface area contributed by atoms with Crippen molar-refractivity contribution in [3.05, 3.63) is 53.6 Å². The number of fused-ring (bicyclic) bond motifs is 1. The number of aliphatic hydroxyl groups is 1. The van der Waals surface area contributed by atoms with Crippen molar-refractivity contribution in [1.82, 2.24) is 4.90 Å². The topological polar surface area (TPSA) is 62.2 Å². The van der Waals surface area contributed by atoms with Crippen molar-refractivity contribution < 1.29 is 23.9 Å². The van der Waals surface area contributed by atoms with Crippen LogP contribution in [0.15, 0.2) is 42.5 Å². The minimum atomic E-state index is -0.641. The normalized spacial score (nSPS) is 19.0. The molecular formula is C32H48N3O4+. The third-order valence-electron chi connectivity index (χ3n) is 8.40. The van der Waals surface area contributed by atoms with E-state index in [2.05, 4.69) is 45.9 Å². The van der Waals surface area contributed by atoms with Gasteiger partial charge >= 0.3 is 6.03 Å². The highest BCUT2D eigenvalue weighted by Crippen LogP contribution is 2.32. The maximum Gasteiger partial charge on any atom is 0.324 e. The fraction of sp³-hybridized carbons (Fsp3) is 0.594. The maximum absolute atomic E-state index is 13.9. The molecule has 2 heterocycles. The average Bonchev–Trinajstić information content (AvgIpc) is 2.94. The second-order valence-electron chi connectivity index (χ2n) is 11.4. The Bertz CT molecular complexity index is 1060. The summed E-state index contributed by atoms with van der Waals surface area (Å²) in [5, 5.41) is 11.3. The lowest BCUT2D eigenvalue weighted by molar-refractivity contribution is -0.934. The van der Waals surface area contributed by atoms with Gasteiger partial charge in [0.05, 0.1) is 38.4 Å². The SMILES string of the molecule is CCCCC[N+]1(CC(O)C2COc3ccccc3O2)CCN(C(=O)N(CCCC)c2c(C)cccc2C)CC1. The van der Waals surface area contributed by atoms with E-state index in [4.69, 9.17) is 9.47 Å². The summed E-state index contributed by atoms with van der Waals surface area (Å²) in [5.74, 6) is 1.43. The fourth-order valence-corrected chi connectivity index (χ4v) is 6.04. The van der Waals surface area contributed by atoms with Gasteiger partial charge in [-0.05, 0) is 56.4 Å². The van der Waals surface area contributed by atoms with E-state index in [1.165, 1.54) is 6.42 Å². The second kappa shape index (κ2) is 13.5. The lowest BCUT2D eigenvalue weighted by atomic mass is 10.1. The number of aliphatic hydroxyl groups excluding tert-OH is 1. The molecule has 2 atom stereocenters. The number of nitrogens with zero attached hydrogens (tertiary/aromatic N) is 3. The van der Waals surface area contributed by atoms with Gasteiger partial charge in [-0.1, -0.05) is 57.0 Å². The molecule has 1 saturated heterocycles. The zero-order valence-electron chi connectivity index (χ0n) is 24.4. The van der Waals surface area contributed by atoms with Gasteiger partial charge in [0.2, 0.25) is 0 Å². The van der Waals surface area contributed by atoms with E-state index in [1.807, 2.05) is 34.1 Å². The monoisotopic (exact) mass is 538 g/mol. The van der Waals surface area contributed by atoms with Gasteiger partial charge in [-0.3, -0.25) is 4.90 Å². The second-order valence-corrected chi connectivity index (χ2v) is 11.4. The number of aryl methyl sites for hydroxylation is 2. The third-order valence-corrected chi connectivity index (χ3v) is 8.40. The van der Waals surface area contributed by atoms with Crippen LogP contribution < -0.4 is 14.4 Å². The Kier molecular flexibility index (Phi) is 10.1. The number of piperazine rings is 1. The van der Waals surface area contributed by atoms with E-state index in [1.54, 1.807) is 0 Å². The molecule has 0 spiro atoms. The van der Waals surface area contributed by atoms with E-state index in [-0.39, 0.29) is 6.03 Å². The van der Waals surface area contributed by atoms with E-state index >= 15 is 0 Å². The molecule has 2 unspecified atom stereocenters. The molecule has 2 aromatic carbocycles. The van der Waals surface area contributed by atoms with Gasteiger partial charge in [0.25, 0.3) is 0 Å². The first-order valence-corrected chi connectivity index (χ1v) is 14.9. The number of anilines is 1. The number of unbranched alkanes of at least 4 members (excludes halogenated alkanes) is 3. The number of benzene rings is 2. The molecule has 7 nitrogen and oxygen atoms in total. The highest BCUT2D eigenvalue weighted by Gasteiger charge is 2.40. The summed E-state index contributed by atoms with van der Waals surface area (Å²) in [6.07, 6.45) is 4.43. The van der Waals surface area contributed by atoms with Crippen LogP contribution >= 0.6 is 0 Å². The Morgan fingerprint density at radius 2 is 1.67 bits per heavy atom. The van der Waals surface area contributed by atoms with Crippen LogP contribution in [0, 0.1) is 13.8 Å². The van der Waals surface area contributed by atoms with Crippen molar-refractivity contribution in [3.8, 4) is 11.5 Å². The van der Waals surface area contributed by atoms with Gasteiger partial charge < -0.3 is 24.0 Å². The standard InChI is InChI=1S/C32H48N3O4/c1-5-7-11-20-35(23-27(36)30-24-38-28-15-9-10-16-29(28)39-30)21-18-33(19-22-35)32(37)34(17-8-6-2)31-25(3)13-12-14-26(31)4/h9-10,12-16,27,30,36H,5-8,11,17-24H2,1-4H3/q+1. The summed E-state index contributed by atoms with van der Waals surface area (Å²) in [5.41, 5.74) is 3.33. The van der Waals surface area contributed by atoms with Gasteiger partial charge in [0.1, 0.15) is 19.3 Å². The van der Waals surface area contributed by atoms with Crippen LogP contribution in [0.4, 0.5) is 10.5 Å². The van der Waals surface area contributed by atoms with Crippen molar-refractivity contribution in [3.63, 3.8) is 0 Å². The van der Waals surface area contributed by atoms with Crippen molar-refractivity contribution in [2.24, 2.45) is 0 Å².